The molecule has 15 heteroatoms. The standard InChI is InChI=1S/C37H20ClF11O3/c1-2-3-17-4-6-22(25(39)8-17)18-9-24(38)33(27(41)10-18)20-13-28(42)34(29(43)14-20)36(50)51-21-5-7-23(26(40)15-21)19-11-30(44)35(31(45)12-19)52-37(48,49)16-32(46)47/h4-16H,2-3H2,1H3. The van der Waals surface area contributed by atoms with Crippen LogP contribution in [0.1, 0.15) is 29.3 Å². The fraction of sp³-hybridized carbons (Fsp3) is 0.108. The first-order valence-corrected chi connectivity index (χ1v) is 15.2. The van der Waals surface area contributed by atoms with Crippen LogP contribution in [-0.4, -0.2) is 12.1 Å². The molecule has 0 aromatic heterocycles. The molecule has 5 rings (SSSR count). The highest BCUT2D eigenvalue weighted by atomic mass is 35.5. The van der Waals surface area contributed by atoms with Crippen molar-refractivity contribution >= 4 is 17.6 Å². The van der Waals surface area contributed by atoms with E-state index in [1.54, 1.807) is 6.07 Å². The maximum Gasteiger partial charge on any atom is 0.425 e. The lowest BCUT2D eigenvalue weighted by Crippen LogP contribution is -2.23. The predicted octanol–water partition coefficient (Wildman–Crippen LogP) is 12.2. The summed E-state index contributed by atoms with van der Waals surface area (Å²) in [4.78, 5) is 12.7. The van der Waals surface area contributed by atoms with Gasteiger partial charge in [0.15, 0.2) is 17.4 Å². The zero-order chi connectivity index (χ0) is 38.1. The summed E-state index contributed by atoms with van der Waals surface area (Å²) in [6, 6.07) is 10.6. The smallest absolute Gasteiger partial charge is 0.423 e. The van der Waals surface area contributed by atoms with Crippen LogP contribution < -0.4 is 9.47 Å². The average Bonchev–Trinajstić information content (AvgIpc) is 3.02. The molecule has 0 atom stereocenters. The van der Waals surface area contributed by atoms with Gasteiger partial charge in [-0.1, -0.05) is 37.1 Å². The molecule has 0 radical (unpaired) electrons. The fourth-order valence-corrected chi connectivity index (χ4v) is 5.53. The van der Waals surface area contributed by atoms with Gasteiger partial charge >= 0.3 is 12.1 Å². The largest absolute Gasteiger partial charge is 0.425 e. The molecule has 270 valence electrons. The van der Waals surface area contributed by atoms with Crippen LogP contribution in [0.2, 0.25) is 5.02 Å². The predicted molar refractivity (Wildman–Crippen MR) is 169 cm³/mol. The van der Waals surface area contributed by atoms with Gasteiger partial charge in [-0.15, -0.1) is 0 Å². The number of alkyl halides is 2. The molecule has 52 heavy (non-hydrogen) atoms. The molecular formula is C37H20ClF11O3. The van der Waals surface area contributed by atoms with Gasteiger partial charge in [-0.2, -0.15) is 17.6 Å². The van der Waals surface area contributed by atoms with Crippen molar-refractivity contribution in [1.29, 1.82) is 0 Å². The second-order valence-electron chi connectivity index (χ2n) is 11.1. The number of hydrogen-bond donors (Lipinski definition) is 0. The molecule has 3 nitrogen and oxygen atoms in total. The molecule has 0 aliphatic heterocycles. The Morgan fingerprint density at radius 1 is 0.692 bits per heavy atom. The minimum atomic E-state index is -4.80. The van der Waals surface area contributed by atoms with Crippen LogP contribution in [0.4, 0.5) is 48.3 Å². The maximum atomic E-state index is 15.3. The summed E-state index contributed by atoms with van der Waals surface area (Å²) in [6.07, 6.45) is -7.28. The monoisotopic (exact) mass is 756 g/mol. The number of rotatable bonds is 10. The minimum Gasteiger partial charge on any atom is -0.423 e. The van der Waals surface area contributed by atoms with Gasteiger partial charge in [0.2, 0.25) is 0 Å². The van der Waals surface area contributed by atoms with Crippen molar-refractivity contribution in [2.45, 2.75) is 25.9 Å². The summed E-state index contributed by atoms with van der Waals surface area (Å²) >= 11 is 6.27. The van der Waals surface area contributed by atoms with Crippen molar-refractivity contribution in [3.63, 3.8) is 0 Å². The summed E-state index contributed by atoms with van der Waals surface area (Å²) in [6.45, 7) is 1.92. The normalized spacial score (nSPS) is 11.4. The molecule has 0 N–H and O–H groups in total. The van der Waals surface area contributed by atoms with Gasteiger partial charge in [0.05, 0.1) is 11.1 Å². The zero-order valence-corrected chi connectivity index (χ0v) is 26.9. The molecule has 0 saturated heterocycles. The summed E-state index contributed by atoms with van der Waals surface area (Å²) in [5.74, 6) is -13.7. The van der Waals surface area contributed by atoms with E-state index in [9.17, 15) is 39.9 Å². The van der Waals surface area contributed by atoms with E-state index in [1.165, 1.54) is 18.2 Å². The van der Waals surface area contributed by atoms with E-state index in [2.05, 4.69) is 4.74 Å². The molecule has 0 saturated carbocycles. The van der Waals surface area contributed by atoms with E-state index in [4.69, 9.17) is 16.3 Å². The molecule has 0 aliphatic carbocycles. The van der Waals surface area contributed by atoms with Crippen molar-refractivity contribution in [2.24, 2.45) is 0 Å². The third-order valence-electron chi connectivity index (χ3n) is 7.44. The Morgan fingerprint density at radius 3 is 1.77 bits per heavy atom. The molecule has 0 aliphatic rings. The van der Waals surface area contributed by atoms with E-state index < -0.39 is 104 Å². The van der Waals surface area contributed by atoms with Crippen LogP contribution in [0.5, 0.6) is 11.5 Å². The second kappa shape index (κ2) is 15.1. The first-order valence-electron chi connectivity index (χ1n) is 14.9. The quantitative estimate of drug-likeness (QED) is 0.0809. The number of esters is 1. The Labute approximate surface area is 292 Å². The van der Waals surface area contributed by atoms with E-state index in [-0.39, 0.29) is 16.1 Å². The first kappa shape index (κ1) is 37.9. The number of hydrogen-bond acceptors (Lipinski definition) is 3. The third kappa shape index (κ3) is 8.23. The topological polar surface area (TPSA) is 35.5 Å². The summed E-state index contributed by atoms with van der Waals surface area (Å²) < 4.78 is 164. The molecule has 0 amide bonds. The number of carbonyl (C=O) groups excluding carboxylic acids is 1. The maximum absolute atomic E-state index is 15.3. The number of benzene rings is 5. The first-order chi connectivity index (χ1) is 24.5. The number of halogens is 12. The molecule has 0 heterocycles. The molecule has 0 bridgehead atoms. The van der Waals surface area contributed by atoms with E-state index >= 15 is 13.2 Å². The van der Waals surface area contributed by atoms with Crippen LogP contribution in [0.3, 0.4) is 0 Å². The van der Waals surface area contributed by atoms with Crippen LogP contribution in [0, 0.1) is 40.7 Å². The van der Waals surface area contributed by atoms with Crippen molar-refractivity contribution < 1.29 is 62.6 Å². The highest BCUT2D eigenvalue weighted by Crippen LogP contribution is 2.38. The molecule has 0 fully saturated rings. The highest BCUT2D eigenvalue weighted by Gasteiger charge is 2.33. The second-order valence-corrected chi connectivity index (χ2v) is 11.5. The van der Waals surface area contributed by atoms with Crippen LogP contribution in [0.25, 0.3) is 33.4 Å². The summed E-state index contributed by atoms with van der Waals surface area (Å²) in [5, 5.41) is -0.332. The SMILES string of the molecule is CCCc1ccc(-c2cc(F)c(-c3cc(F)c(C(=O)Oc4ccc(-c5cc(F)c(OC(F)(F)C=C(F)F)c(F)c5)c(F)c4)c(F)c3)c(Cl)c2)c(F)c1. The Kier molecular flexibility index (Phi) is 11.0. The molecule has 5 aromatic rings. The Hall–Kier alpha value is -5.37. The van der Waals surface area contributed by atoms with Gasteiger partial charge in [-0.05, 0) is 83.3 Å². The minimum absolute atomic E-state index is 0.0320. The molecule has 0 spiro atoms. The van der Waals surface area contributed by atoms with E-state index in [0.717, 1.165) is 30.2 Å². The molecular weight excluding hydrogens is 737 g/mol. The lowest BCUT2D eigenvalue weighted by atomic mass is 9.97. The van der Waals surface area contributed by atoms with Gasteiger partial charge in [-0.3, -0.25) is 0 Å². The Balaban J connectivity index is 1.37. The number of aryl methyl sites for hydroxylation is 1. The summed E-state index contributed by atoms with van der Waals surface area (Å²) in [5.41, 5.74) is -2.51. The number of ether oxygens (including phenoxy) is 2. The lowest BCUT2D eigenvalue weighted by molar-refractivity contribution is -0.137. The van der Waals surface area contributed by atoms with Crippen molar-refractivity contribution in [3.8, 4) is 44.9 Å². The summed E-state index contributed by atoms with van der Waals surface area (Å²) in [7, 11) is 0. The van der Waals surface area contributed by atoms with Crippen molar-refractivity contribution in [1.82, 2.24) is 0 Å². The average molecular weight is 757 g/mol. The van der Waals surface area contributed by atoms with Crippen molar-refractivity contribution in [3.05, 3.63) is 142 Å². The Bertz CT molecular complexity index is 2160. The highest BCUT2D eigenvalue weighted by molar-refractivity contribution is 6.33. The van der Waals surface area contributed by atoms with E-state index in [0.29, 0.717) is 36.8 Å². The van der Waals surface area contributed by atoms with Crippen LogP contribution in [-0.2, 0) is 6.42 Å². The number of carbonyl (C=O) groups is 1. The van der Waals surface area contributed by atoms with E-state index in [1.807, 2.05) is 6.92 Å². The van der Waals surface area contributed by atoms with Gasteiger partial charge < -0.3 is 9.47 Å². The Morgan fingerprint density at radius 2 is 1.23 bits per heavy atom. The zero-order valence-electron chi connectivity index (χ0n) is 26.2. The van der Waals surface area contributed by atoms with Crippen LogP contribution >= 0.6 is 11.6 Å². The fourth-order valence-electron chi connectivity index (χ4n) is 5.21. The van der Waals surface area contributed by atoms with Crippen LogP contribution in [0.15, 0.2) is 85.0 Å². The van der Waals surface area contributed by atoms with Gasteiger partial charge in [-0.25, -0.2) is 35.5 Å². The van der Waals surface area contributed by atoms with Gasteiger partial charge in [0.25, 0.3) is 6.08 Å². The van der Waals surface area contributed by atoms with Gasteiger partial charge in [0.1, 0.15) is 40.4 Å². The lowest BCUT2D eigenvalue weighted by Gasteiger charge is -2.16. The van der Waals surface area contributed by atoms with Crippen molar-refractivity contribution in [2.75, 3.05) is 0 Å². The molecule has 5 aromatic carbocycles. The third-order valence-corrected chi connectivity index (χ3v) is 7.73. The van der Waals surface area contributed by atoms with Gasteiger partial charge in [0, 0.05) is 22.8 Å². The molecule has 0 unspecified atom stereocenters.